The van der Waals surface area contributed by atoms with E-state index in [1.54, 1.807) is 17.0 Å². The summed E-state index contributed by atoms with van der Waals surface area (Å²) in [7, 11) is 0. The van der Waals surface area contributed by atoms with Crippen LogP contribution in [0.25, 0.3) is 0 Å². The molecule has 2 rings (SSSR count). The maximum Gasteiger partial charge on any atom is 0.242 e. The third kappa shape index (κ3) is 4.25. The average Bonchev–Trinajstić information content (AvgIpc) is 2.86. The Morgan fingerprint density at radius 2 is 2.22 bits per heavy atom. The molecule has 0 aliphatic carbocycles. The van der Waals surface area contributed by atoms with Gasteiger partial charge in [-0.25, -0.2) is 4.39 Å². The largest absolute Gasteiger partial charge is 0.355 e. The first-order valence-corrected chi connectivity index (χ1v) is 8.94. The lowest BCUT2D eigenvalue weighted by atomic mass is 10.0. The summed E-state index contributed by atoms with van der Waals surface area (Å²) >= 11 is 1.44. The van der Waals surface area contributed by atoms with Crippen molar-refractivity contribution in [2.75, 3.05) is 12.3 Å². The van der Waals surface area contributed by atoms with Gasteiger partial charge < -0.3 is 10.2 Å². The Balaban J connectivity index is 2.33. The van der Waals surface area contributed by atoms with Crippen LogP contribution in [0.5, 0.6) is 0 Å². The minimum Gasteiger partial charge on any atom is -0.355 e. The van der Waals surface area contributed by atoms with Crippen LogP contribution in [-0.2, 0) is 9.59 Å². The van der Waals surface area contributed by atoms with Gasteiger partial charge in [0.1, 0.15) is 17.2 Å². The lowest BCUT2D eigenvalue weighted by Crippen LogP contribution is -2.49. The topological polar surface area (TPSA) is 49.4 Å². The normalized spacial score (nSPS) is 19.3. The number of thioether (sulfide) groups is 1. The van der Waals surface area contributed by atoms with Crippen LogP contribution in [-0.4, -0.2) is 35.1 Å². The lowest BCUT2D eigenvalue weighted by Gasteiger charge is -2.33. The smallest absolute Gasteiger partial charge is 0.242 e. The van der Waals surface area contributed by atoms with Gasteiger partial charge in [-0.2, -0.15) is 0 Å². The summed E-state index contributed by atoms with van der Waals surface area (Å²) in [5, 5.41) is 2.50. The molecule has 126 valence electrons. The summed E-state index contributed by atoms with van der Waals surface area (Å²) < 4.78 is 13.5. The highest BCUT2D eigenvalue weighted by Gasteiger charge is 2.40. The molecule has 1 heterocycles. The van der Waals surface area contributed by atoms with Crippen molar-refractivity contribution >= 4 is 23.6 Å². The van der Waals surface area contributed by atoms with Crippen LogP contribution in [0.4, 0.5) is 4.39 Å². The number of hydrogen-bond acceptors (Lipinski definition) is 3. The fourth-order valence-corrected chi connectivity index (χ4v) is 3.99. The van der Waals surface area contributed by atoms with Gasteiger partial charge in [0.15, 0.2) is 0 Å². The molecular formula is C17H23FN2O2S. The van der Waals surface area contributed by atoms with Gasteiger partial charge in [0.25, 0.3) is 0 Å². The number of likely N-dealkylation sites (N-methyl/N-ethyl adjacent to an activating group) is 1. The fraction of sp³-hybridized carbons (Fsp3) is 0.529. The first kappa shape index (κ1) is 17.8. The molecule has 1 aliphatic rings. The van der Waals surface area contributed by atoms with Crippen molar-refractivity contribution in [2.24, 2.45) is 5.92 Å². The van der Waals surface area contributed by atoms with E-state index in [4.69, 9.17) is 0 Å². The Morgan fingerprint density at radius 3 is 2.83 bits per heavy atom. The van der Waals surface area contributed by atoms with Gasteiger partial charge in [0.2, 0.25) is 11.8 Å². The molecule has 0 spiro atoms. The molecule has 1 saturated heterocycles. The van der Waals surface area contributed by atoms with Crippen molar-refractivity contribution < 1.29 is 14.0 Å². The van der Waals surface area contributed by atoms with Gasteiger partial charge >= 0.3 is 0 Å². The minimum absolute atomic E-state index is 0.0684. The van der Waals surface area contributed by atoms with Crippen molar-refractivity contribution in [3.05, 3.63) is 35.6 Å². The van der Waals surface area contributed by atoms with E-state index in [-0.39, 0.29) is 28.9 Å². The van der Waals surface area contributed by atoms with E-state index in [1.165, 1.54) is 23.9 Å². The molecule has 2 amide bonds. The number of carbonyl (C=O) groups excluding carboxylic acids is 2. The van der Waals surface area contributed by atoms with Gasteiger partial charge in [-0.3, -0.25) is 9.59 Å². The second-order valence-corrected chi connectivity index (χ2v) is 7.13. The van der Waals surface area contributed by atoms with Crippen molar-refractivity contribution in [3.8, 4) is 0 Å². The molecule has 4 nitrogen and oxygen atoms in total. The number of hydrogen-bond donors (Lipinski definition) is 1. The van der Waals surface area contributed by atoms with Crippen LogP contribution >= 0.6 is 11.8 Å². The molecule has 23 heavy (non-hydrogen) atoms. The van der Waals surface area contributed by atoms with E-state index in [0.717, 1.165) is 5.56 Å². The first-order valence-electron chi connectivity index (χ1n) is 7.90. The number of amides is 2. The lowest BCUT2D eigenvalue weighted by molar-refractivity contribution is -0.139. The Bertz CT molecular complexity index is 579. The molecule has 1 fully saturated rings. The van der Waals surface area contributed by atoms with Crippen molar-refractivity contribution in [2.45, 2.75) is 38.6 Å². The molecule has 0 radical (unpaired) electrons. The number of benzene rings is 1. The monoisotopic (exact) mass is 338 g/mol. The number of nitrogens with one attached hydrogen (secondary N) is 1. The number of halogens is 1. The predicted molar refractivity (Wildman–Crippen MR) is 90.4 cm³/mol. The minimum atomic E-state index is -0.522. The third-order valence-electron chi connectivity index (χ3n) is 3.72. The summed E-state index contributed by atoms with van der Waals surface area (Å²) in [6, 6.07) is 5.73. The molecule has 0 unspecified atom stereocenters. The van der Waals surface area contributed by atoms with E-state index in [2.05, 4.69) is 5.32 Å². The molecule has 1 N–H and O–H groups in total. The van der Waals surface area contributed by atoms with Crippen molar-refractivity contribution in [1.82, 2.24) is 10.2 Å². The molecule has 1 aromatic carbocycles. The summed E-state index contributed by atoms with van der Waals surface area (Å²) in [5.41, 5.74) is 0.721. The van der Waals surface area contributed by atoms with Crippen molar-refractivity contribution in [1.29, 1.82) is 0 Å². The highest BCUT2D eigenvalue weighted by atomic mass is 32.2. The molecule has 0 saturated carbocycles. The molecule has 6 heteroatoms. The maximum absolute atomic E-state index is 13.5. The van der Waals surface area contributed by atoms with Crippen LogP contribution < -0.4 is 5.32 Å². The van der Waals surface area contributed by atoms with Crippen molar-refractivity contribution in [3.63, 3.8) is 0 Å². The van der Waals surface area contributed by atoms with Crippen LogP contribution in [0.2, 0.25) is 0 Å². The van der Waals surface area contributed by atoms with Gasteiger partial charge in [0.05, 0.1) is 5.75 Å². The Morgan fingerprint density at radius 1 is 1.48 bits per heavy atom. The van der Waals surface area contributed by atoms with Crippen LogP contribution in [0.3, 0.4) is 0 Å². The van der Waals surface area contributed by atoms with E-state index < -0.39 is 6.04 Å². The molecular weight excluding hydrogens is 315 g/mol. The zero-order chi connectivity index (χ0) is 17.0. The Labute approximate surface area is 140 Å². The molecule has 0 bridgehead atoms. The maximum atomic E-state index is 13.5. The van der Waals surface area contributed by atoms with Gasteiger partial charge in [0, 0.05) is 6.54 Å². The summed E-state index contributed by atoms with van der Waals surface area (Å²) in [6.07, 6.45) is 0.587. The second-order valence-electron chi connectivity index (χ2n) is 6.06. The van der Waals surface area contributed by atoms with Crippen LogP contribution in [0.1, 0.15) is 38.1 Å². The Kier molecular flexibility index (Phi) is 6.04. The van der Waals surface area contributed by atoms with Crippen LogP contribution in [0, 0.1) is 11.7 Å². The predicted octanol–water partition coefficient (Wildman–Crippen LogP) is 2.95. The Hall–Kier alpha value is -1.56. The number of carbonyl (C=O) groups is 2. The standard InChI is InChI=1S/C17H23FN2O2S/c1-4-19-16(22)14(8-11(2)3)20-15(21)10-23-17(20)12-6-5-7-13(18)9-12/h5-7,9,11,14,17H,4,8,10H2,1-3H3,(H,19,22)/t14-,17-/m1/s1. The van der Waals surface area contributed by atoms with E-state index in [0.29, 0.717) is 18.7 Å². The van der Waals surface area contributed by atoms with Gasteiger partial charge in [-0.05, 0) is 37.0 Å². The quantitative estimate of drug-likeness (QED) is 0.867. The zero-order valence-electron chi connectivity index (χ0n) is 13.7. The van der Waals surface area contributed by atoms with Crippen LogP contribution in [0.15, 0.2) is 24.3 Å². The van der Waals surface area contributed by atoms with Gasteiger partial charge in [-0.15, -0.1) is 11.8 Å². The van der Waals surface area contributed by atoms with Gasteiger partial charge in [-0.1, -0.05) is 26.0 Å². The van der Waals surface area contributed by atoms with E-state index in [9.17, 15) is 14.0 Å². The highest BCUT2D eigenvalue weighted by Crippen LogP contribution is 2.41. The van der Waals surface area contributed by atoms with E-state index in [1.807, 2.05) is 20.8 Å². The van der Waals surface area contributed by atoms with E-state index >= 15 is 0 Å². The summed E-state index contributed by atoms with van der Waals surface area (Å²) in [5.74, 6) is 0.0458. The number of nitrogens with zero attached hydrogens (tertiary/aromatic N) is 1. The zero-order valence-corrected chi connectivity index (χ0v) is 14.5. The molecule has 1 aliphatic heterocycles. The molecule has 0 aromatic heterocycles. The summed E-state index contributed by atoms with van der Waals surface area (Å²) in [6.45, 7) is 6.43. The molecule has 2 atom stereocenters. The SMILES string of the molecule is CCNC(=O)[C@@H](CC(C)C)N1C(=O)CS[C@@H]1c1cccc(F)c1. The summed E-state index contributed by atoms with van der Waals surface area (Å²) in [4.78, 5) is 26.5. The number of rotatable bonds is 6. The second kappa shape index (κ2) is 7.81. The highest BCUT2D eigenvalue weighted by molar-refractivity contribution is 8.00. The first-order chi connectivity index (χ1) is 10.9. The fourth-order valence-electron chi connectivity index (χ4n) is 2.78. The third-order valence-corrected chi connectivity index (χ3v) is 4.95. The molecule has 1 aromatic rings. The average molecular weight is 338 g/mol.